The highest BCUT2D eigenvalue weighted by molar-refractivity contribution is 5.85. The fourth-order valence-electron chi connectivity index (χ4n) is 1.22. The van der Waals surface area contributed by atoms with Gasteiger partial charge in [0.15, 0.2) is 0 Å². The number of nitrogens with two attached hydrogens (primary N) is 1. The molecule has 0 aromatic heterocycles. The van der Waals surface area contributed by atoms with E-state index in [2.05, 4.69) is 0 Å². The average Bonchev–Trinajstić information content (AvgIpc) is 2.13. The largest absolute Gasteiger partial charge is 0.326 e. The van der Waals surface area contributed by atoms with Crippen LogP contribution in [0.3, 0.4) is 0 Å². The van der Waals surface area contributed by atoms with E-state index < -0.39 is 6.43 Å². The van der Waals surface area contributed by atoms with E-state index in [4.69, 9.17) is 5.73 Å². The second-order valence-electron chi connectivity index (χ2n) is 2.70. The molecule has 0 saturated carbocycles. The van der Waals surface area contributed by atoms with Gasteiger partial charge < -0.3 is 5.73 Å². The Labute approximate surface area is 83.3 Å². The molecule has 1 aliphatic heterocycles. The second-order valence-corrected chi connectivity index (χ2v) is 2.70. The Kier molecular flexibility index (Phi) is 8.46. The third-order valence-electron chi connectivity index (χ3n) is 1.71. The van der Waals surface area contributed by atoms with Gasteiger partial charge in [-0.2, -0.15) is 0 Å². The third kappa shape index (κ3) is 5.09. The van der Waals surface area contributed by atoms with Crippen molar-refractivity contribution in [1.82, 2.24) is 4.90 Å². The fourth-order valence-corrected chi connectivity index (χ4v) is 1.22. The molecule has 6 heteroatoms. The predicted octanol–water partition coefficient (Wildman–Crippen LogP) is 1.13. The maximum absolute atomic E-state index is 11.7. The third-order valence-corrected chi connectivity index (χ3v) is 1.71. The van der Waals surface area contributed by atoms with Gasteiger partial charge in [-0.3, -0.25) is 4.90 Å². The molecule has 2 nitrogen and oxygen atoms in total. The van der Waals surface area contributed by atoms with Crippen molar-refractivity contribution in [2.75, 3.05) is 19.6 Å². The first-order chi connectivity index (χ1) is 4.68. The molecule has 1 heterocycles. The van der Waals surface area contributed by atoms with Crippen LogP contribution in [0.5, 0.6) is 0 Å². The van der Waals surface area contributed by atoms with Crippen LogP contribution < -0.4 is 5.73 Å². The molecule has 1 saturated heterocycles. The van der Waals surface area contributed by atoms with Crippen LogP contribution in [-0.4, -0.2) is 37.0 Å². The van der Waals surface area contributed by atoms with Gasteiger partial charge in [0.05, 0.1) is 6.54 Å². The lowest BCUT2D eigenvalue weighted by Gasteiger charge is -2.13. The summed E-state index contributed by atoms with van der Waals surface area (Å²) in [5.74, 6) is 0. The molecule has 2 N–H and O–H groups in total. The lowest BCUT2D eigenvalue weighted by molar-refractivity contribution is 0.0991. The van der Waals surface area contributed by atoms with E-state index in [0.717, 1.165) is 13.0 Å². The molecule has 1 atom stereocenters. The Balaban J connectivity index is 0. The maximum atomic E-state index is 11.7. The average molecular weight is 223 g/mol. The van der Waals surface area contributed by atoms with Gasteiger partial charge in [-0.15, -0.1) is 24.8 Å². The summed E-state index contributed by atoms with van der Waals surface area (Å²) < 4.78 is 23.5. The van der Waals surface area contributed by atoms with Crippen molar-refractivity contribution in [3.8, 4) is 0 Å². The summed E-state index contributed by atoms with van der Waals surface area (Å²) in [4.78, 5) is 1.70. The van der Waals surface area contributed by atoms with E-state index in [9.17, 15) is 8.78 Å². The lowest BCUT2D eigenvalue weighted by Crippen LogP contribution is -2.30. The molecular weight excluding hydrogens is 209 g/mol. The summed E-state index contributed by atoms with van der Waals surface area (Å²) in [6, 6.07) is 0.110. The second kappa shape index (κ2) is 6.83. The number of nitrogens with zero attached hydrogens (tertiary/aromatic N) is 1. The van der Waals surface area contributed by atoms with Crippen molar-refractivity contribution in [3.63, 3.8) is 0 Å². The van der Waals surface area contributed by atoms with E-state index in [1.54, 1.807) is 4.90 Å². The molecular formula is C6H14Cl2F2N2. The summed E-state index contributed by atoms with van der Waals surface area (Å²) in [6.45, 7) is 1.24. The van der Waals surface area contributed by atoms with Gasteiger partial charge in [-0.1, -0.05) is 0 Å². The van der Waals surface area contributed by atoms with Gasteiger partial charge in [0, 0.05) is 12.6 Å². The highest BCUT2D eigenvalue weighted by Gasteiger charge is 2.21. The number of hydrogen-bond acceptors (Lipinski definition) is 2. The van der Waals surface area contributed by atoms with Gasteiger partial charge in [-0.25, -0.2) is 8.78 Å². The van der Waals surface area contributed by atoms with Crippen LogP contribution in [0.15, 0.2) is 0 Å². The van der Waals surface area contributed by atoms with Crippen molar-refractivity contribution in [2.24, 2.45) is 5.73 Å². The molecule has 76 valence electrons. The van der Waals surface area contributed by atoms with E-state index >= 15 is 0 Å². The zero-order chi connectivity index (χ0) is 7.56. The van der Waals surface area contributed by atoms with E-state index in [1.807, 2.05) is 0 Å². The molecule has 0 aromatic carbocycles. The lowest BCUT2D eigenvalue weighted by atomic mass is 10.3. The van der Waals surface area contributed by atoms with Crippen LogP contribution in [0.4, 0.5) is 8.78 Å². The monoisotopic (exact) mass is 222 g/mol. The van der Waals surface area contributed by atoms with Crippen molar-refractivity contribution >= 4 is 24.8 Å². The maximum Gasteiger partial charge on any atom is 0.251 e. The molecule has 1 aliphatic rings. The fraction of sp³-hybridized carbons (Fsp3) is 1.00. The summed E-state index contributed by atoms with van der Waals surface area (Å²) in [6.07, 6.45) is -1.36. The first kappa shape index (κ1) is 14.9. The van der Waals surface area contributed by atoms with Crippen LogP contribution >= 0.6 is 24.8 Å². The van der Waals surface area contributed by atoms with Crippen molar-refractivity contribution < 1.29 is 8.78 Å². The Morgan fingerprint density at radius 1 is 1.42 bits per heavy atom. The Hall–Kier alpha value is 0.360. The molecule has 1 fully saturated rings. The van der Waals surface area contributed by atoms with Crippen molar-refractivity contribution in [1.29, 1.82) is 0 Å². The van der Waals surface area contributed by atoms with Gasteiger partial charge >= 0.3 is 0 Å². The van der Waals surface area contributed by atoms with E-state index in [1.165, 1.54) is 0 Å². The van der Waals surface area contributed by atoms with Gasteiger partial charge in [0.1, 0.15) is 0 Å². The molecule has 0 spiro atoms. The Morgan fingerprint density at radius 2 is 2.00 bits per heavy atom. The number of halogens is 4. The van der Waals surface area contributed by atoms with Crippen LogP contribution in [0.2, 0.25) is 0 Å². The predicted molar refractivity (Wildman–Crippen MR) is 49.5 cm³/mol. The summed E-state index contributed by atoms with van der Waals surface area (Å²) in [7, 11) is 0. The topological polar surface area (TPSA) is 29.3 Å². The minimum Gasteiger partial charge on any atom is -0.326 e. The minimum atomic E-state index is -2.22. The molecule has 1 unspecified atom stereocenters. The number of hydrogen-bond donors (Lipinski definition) is 1. The quantitative estimate of drug-likeness (QED) is 0.760. The molecule has 0 amide bonds. The highest BCUT2D eigenvalue weighted by atomic mass is 35.5. The number of rotatable bonds is 2. The Morgan fingerprint density at radius 3 is 2.33 bits per heavy atom. The van der Waals surface area contributed by atoms with E-state index in [-0.39, 0.29) is 37.4 Å². The van der Waals surface area contributed by atoms with Gasteiger partial charge in [0.25, 0.3) is 6.43 Å². The van der Waals surface area contributed by atoms with Gasteiger partial charge in [0.2, 0.25) is 0 Å². The van der Waals surface area contributed by atoms with Crippen LogP contribution in [0.25, 0.3) is 0 Å². The molecule has 12 heavy (non-hydrogen) atoms. The molecule has 0 aromatic rings. The zero-order valence-corrected chi connectivity index (χ0v) is 8.21. The number of alkyl halides is 2. The molecule has 0 radical (unpaired) electrons. The van der Waals surface area contributed by atoms with Crippen LogP contribution in [0.1, 0.15) is 6.42 Å². The normalized spacial score (nSPS) is 23.5. The molecule has 0 aliphatic carbocycles. The van der Waals surface area contributed by atoms with Crippen molar-refractivity contribution in [2.45, 2.75) is 18.9 Å². The smallest absolute Gasteiger partial charge is 0.251 e. The van der Waals surface area contributed by atoms with Crippen molar-refractivity contribution in [3.05, 3.63) is 0 Å². The molecule has 0 bridgehead atoms. The molecule has 1 rings (SSSR count). The van der Waals surface area contributed by atoms with Crippen LogP contribution in [-0.2, 0) is 0 Å². The highest BCUT2D eigenvalue weighted by Crippen LogP contribution is 2.08. The SMILES string of the molecule is Cl.Cl.NC1CCN(CC(F)F)C1. The first-order valence-electron chi connectivity index (χ1n) is 3.44. The van der Waals surface area contributed by atoms with Crippen LogP contribution in [0, 0.1) is 0 Å². The minimum absolute atomic E-state index is 0. The first-order valence-corrected chi connectivity index (χ1v) is 3.44. The Bertz CT molecular complexity index is 116. The summed E-state index contributed by atoms with van der Waals surface area (Å²) in [5, 5.41) is 0. The number of likely N-dealkylation sites (tertiary alicyclic amines) is 1. The van der Waals surface area contributed by atoms with E-state index in [0.29, 0.717) is 6.54 Å². The standard InChI is InChI=1S/C6H12F2N2.2ClH/c7-6(8)4-10-2-1-5(9)3-10;;/h5-6H,1-4,9H2;2*1H. The summed E-state index contributed by atoms with van der Waals surface area (Å²) >= 11 is 0. The summed E-state index contributed by atoms with van der Waals surface area (Å²) in [5.41, 5.74) is 5.51. The zero-order valence-electron chi connectivity index (χ0n) is 6.58. The van der Waals surface area contributed by atoms with Gasteiger partial charge in [-0.05, 0) is 13.0 Å².